The van der Waals surface area contributed by atoms with Crippen molar-refractivity contribution in [2.24, 2.45) is 0 Å². The van der Waals surface area contributed by atoms with Crippen LogP contribution in [0.15, 0.2) is 42.5 Å². The van der Waals surface area contributed by atoms with Crippen molar-refractivity contribution in [2.75, 3.05) is 6.54 Å². The summed E-state index contributed by atoms with van der Waals surface area (Å²) in [5.41, 5.74) is 0.661. The Bertz CT molecular complexity index is 631. The largest absolute Gasteiger partial charge is 0.352 e. The Morgan fingerprint density at radius 3 is 2.70 bits per heavy atom. The van der Waals surface area contributed by atoms with Gasteiger partial charge in [-0.25, -0.2) is 8.78 Å². The van der Waals surface area contributed by atoms with E-state index in [1.165, 1.54) is 24.3 Å². The van der Waals surface area contributed by atoms with Crippen molar-refractivity contribution in [3.63, 3.8) is 0 Å². The van der Waals surface area contributed by atoms with Crippen molar-refractivity contribution < 1.29 is 13.6 Å². The van der Waals surface area contributed by atoms with E-state index in [0.717, 1.165) is 11.6 Å². The Labute approximate surface area is 120 Å². The summed E-state index contributed by atoms with van der Waals surface area (Å²) < 4.78 is 26.4. The molecule has 0 atom stereocenters. The number of amides is 1. The van der Waals surface area contributed by atoms with Crippen LogP contribution in [0, 0.1) is 11.6 Å². The Morgan fingerprint density at radius 1 is 1.15 bits per heavy atom. The minimum absolute atomic E-state index is 0.100. The summed E-state index contributed by atoms with van der Waals surface area (Å²) in [6.45, 7) is 0.286. The third kappa shape index (κ3) is 3.78. The van der Waals surface area contributed by atoms with E-state index in [9.17, 15) is 13.6 Å². The molecule has 5 heteroatoms. The molecule has 2 aromatic carbocycles. The average Bonchev–Trinajstić information content (AvgIpc) is 2.41. The smallest absolute Gasteiger partial charge is 0.254 e. The Kier molecular flexibility index (Phi) is 4.69. The molecule has 1 amide bonds. The minimum atomic E-state index is -0.627. The molecule has 0 saturated carbocycles. The predicted molar refractivity (Wildman–Crippen MR) is 73.8 cm³/mol. The second-order valence-electron chi connectivity index (χ2n) is 4.26. The SMILES string of the molecule is O=C(NCCc1cccc(F)c1)c1cc(Cl)ccc1F. The van der Waals surface area contributed by atoms with Gasteiger partial charge in [-0.1, -0.05) is 23.7 Å². The molecule has 2 nitrogen and oxygen atoms in total. The normalized spacial score (nSPS) is 10.3. The van der Waals surface area contributed by atoms with Crippen molar-refractivity contribution in [3.8, 4) is 0 Å². The maximum absolute atomic E-state index is 13.5. The van der Waals surface area contributed by atoms with Gasteiger partial charge in [-0.15, -0.1) is 0 Å². The van der Waals surface area contributed by atoms with Gasteiger partial charge in [0.05, 0.1) is 5.56 Å². The molecular weight excluding hydrogens is 284 g/mol. The second-order valence-corrected chi connectivity index (χ2v) is 4.70. The number of halogens is 3. The van der Waals surface area contributed by atoms with Gasteiger partial charge in [0.15, 0.2) is 0 Å². The molecule has 0 fully saturated rings. The maximum Gasteiger partial charge on any atom is 0.254 e. The molecule has 0 aliphatic heterocycles. The summed E-state index contributed by atoms with van der Waals surface area (Å²) in [5.74, 6) is -1.49. The number of rotatable bonds is 4. The van der Waals surface area contributed by atoms with Gasteiger partial charge in [0.2, 0.25) is 0 Å². The number of hydrogen-bond acceptors (Lipinski definition) is 1. The van der Waals surface area contributed by atoms with Gasteiger partial charge in [0, 0.05) is 11.6 Å². The van der Waals surface area contributed by atoms with E-state index in [1.54, 1.807) is 12.1 Å². The lowest BCUT2D eigenvalue weighted by Crippen LogP contribution is -2.26. The first-order chi connectivity index (χ1) is 9.56. The standard InChI is InChI=1S/C15H12ClF2NO/c16-11-4-5-14(18)13(9-11)15(20)19-7-6-10-2-1-3-12(17)8-10/h1-5,8-9H,6-7H2,(H,19,20). The molecule has 0 aliphatic carbocycles. The van der Waals surface area contributed by atoms with Crippen LogP contribution in [0.2, 0.25) is 5.02 Å². The van der Waals surface area contributed by atoms with Gasteiger partial charge in [-0.05, 0) is 42.3 Å². The summed E-state index contributed by atoms with van der Waals surface area (Å²) in [7, 11) is 0. The van der Waals surface area contributed by atoms with E-state index in [-0.39, 0.29) is 17.9 Å². The summed E-state index contributed by atoms with van der Waals surface area (Å²) in [6, 6.07) is 9.90. The quantitative estimate of drug-likeness (QED) is 0.917. The molecule has 0 aromatic heterocycles. The molecule has 1 N–H and O–H groups in total. The van der Waals surface area contributed by atoms with Crippen LogP contribution in [-0.4, -0.2) is 12.5 Å². The van der Waals surface area contributed by atoms with Crippen LogP contribution in [0.5, 0.6) is 0 Å². The molecule has 0 bridgehead atoms. The van der Waals surface area contributed by atoms with Gasteiger partial charge >= 0.3 is 0 Å². The Hall–Kier alpha value is -1.94. The Balaban J connectivity index is 1.94. The molecule has 0 aliphatic rings. The van der Waals surface area contributed by atoms with Crippen LogP contribution in [0.1, 0.15) is 15.9 Å². The highest BCUT2D eigenvalue weighted by atomic mass is 35.5. The first-order valence-corrected chi connectivity index (χ1v) is 6.42. The molecule has 20 heavy (non-hydrogen) atoms. The summed E-state index contributed by atoms with van der Waals surface area (Å²) >= 11 is 5.72. The van der Waals surface area contributed by atoms with Crippen molar-refractivity contribution in [2.45, 2.75) is 6.42 Å². The van der Waals surface area contributed by atoms with E-state index in [2.05, 4.69) is 5.32 Å². The lowest BCUT2D eigenvalue weighted by molar-refractivity contribution is 0.0950. The van der Waals surface area contributed by atoms with E-state index in [1.807, 2.05) is 0 Å². The van der Waals surface area contributed by atoms with Gasteiger partial charge in [0.25, 0.3) is 5.91 Å². The molecule has 0 saturated heterocycles. The minimum Gasteiger partial charge on any atom is -0.352 e. The van der Waals surface area contributed by atoms with Crippen molar-refractivity contribution in [1.82, 2.24) is 5.32 Å². The van der Waals surface area contributed by atoms with Crippen molar-refractivity contribution >= 4 is 17.5 Å². The van der Waals surface area contributed by atoms with E-state index < -0.39 is 11.7 Å². The van der Waals surface area contributed by atoms with Crippen LogP contribution < -0.4 is 5.32 Å². The van der Waals surface area contributed by atoms with Crippen molar-refractivity contribution in [1.29, 1.82) is 0 Å². The molecule has 0 unspecified atom stereocenters. The molecular formula is C15H12ClF2NO. The fourth-order valence-corrected chi connectivity index (χ4v) is 1.95. The lowest BCUT2D eigenvalue weighted by atomic mass is 10.1. The topological polar surface area (TPSA) is 29.1 Å². The zero-order valence-corrected chi connectivity index (χ0v) is 11.3. The highest BCUT2D eigenvalue weighted by Gasteiger charge is 2.11. The number of benzene rings is 2. The van der Waals surface area contributed by atoms with Gasteiger partial charge in [-0.3, -0.25) is 4.79 Å². The summed E-state index contributed by atoms with van der Waals surface area (Å²) in [6.07, 6.45) is 0.464. The van der Waals surface area contributed by atoms with Gasteiger partial charge in [-0.2, -0.15) is 0 Å². The second kappa shape index (κ2) is 6.48. The summed E-state index contributed by atoms with van der Waals surface area (Å²) in [4.78, 5) is 11.8. The monoisotopic (exact) mass is 295 g/mol. The molecule has 0 spiro atoms. The molecule has 0 heterocycles. The first kappa shape index (κ1) is 14.5. The van der Waals surface area contributed by atoms with Crippen LogP contribution in [0.25, 0.3) is 0 Å². The predicted octanol–water partition coefficient (Wildman–Crippen LogP) is 3.59. The molecule has 0 radical (unpaired) electrons. The highest BCUT2D eigenvalue weighted by Crippen LogP contribution is 2.14. The number of carbonyl (C=O) groups excluding carboxylic acids is 1. The van der Waals surface area contributed by atoms with Crippen LogP contribution >= 0.6 is 11.6 Å². The fraction of sp³-hybridized carbons (Fsp3) is 0.133. The third-order valence-electron chi connectivity index (χ3n) is 2.76. The zero-order valence-electron chi connectivity index (χ0n) is 10.5. The Morgan fingerprint density at radius 2 is 1.95 bits per heavy atom. The van der Waals surface area contributed by atoms with Gasteiger partial charge in [0.1, 0.15) is 11.6 Å². The van der Waals surface area contributed by atoms with Crippen LogP contribution in [0.3, 0.4) is 0 Å². The number of nitrogens with one attached hydrogen (secondary N) is 1. The van der Waals surface area contributed by atoms with Crippen LogP contribution in [-0.2, 0) is 6.42 Å². The fourth-order valence-electron chi connectivity index (χ4n) is 1.78. The first-order valence-electron chi connectivity index (χ1n) is 6.04. The lowest BCUT2D eigenvalue weighted by Gasteiger charge is -2.07. The zero-order chi connectivity index (χ0) is 14.5. The molecule has 104 valence electrons. The van der Waals surface area contributed by atoms with Crippen molar-refractivity contribution in [3.05, 3.63) is 70.2 Å². The van der Waals surface area contributed by atoms with E-state index in [4.69, 9.17) is 11.6 Å². The molecule has 2 aromatic rings. The third-order valence-corrected chi connectivity index (χ3v) is 3.00. The summed E-state index contributed by atoms with van der Waals surface area (Å²) in [5, 5.41) is 2.87. The van der Waals surface area contributed by atoms with E-state index >= 15 is 0 Å². The van der Waals surface area contributed by atoms with Gasteiger partial charge < -0.3 is 5.32 Å². The average molecular weight is 296 g/mol. The van der Waals surface area contributed by atoms with Crippen LogP contribution in [0.4, 0.5) is 8.78 Å². The van der Waals surface area contributed by atoms with E-state index in [0.29, 0.717) is 11.4 Å². The highest BCUT2D eigenvalue weighted by molar-refractivity contribution is 6.30. The molecule has 2 rings (SSSR count). The maximum atomic E-state index is 13.5. The number of carbonyl (C=O) groups is 1. The number of hydrogen-bond donors (Lipinski definition) is 1.